The molecular weight excluding hydrogens is 371 g/mol. The van der Waals surface area contributed by atoms with E-state index in [4.69, 9.17) is 22.1 Å². The number of aliphatic imine (C=N–C) groups is 1. The second kappa shape index (κ2) is 9.26. The highest BCUT2D eigenvalue weighted by atomic mass is 35.5. The summed E-state index contributed by atoms with van der Waals surface area (Å²) in [7, 11) is 0. The first kappa shape index (κ1) is 21.3. The Labute approximate surface area is 164 Å². The predicted molar refractivity (Wildman–Crippen MR) is 107 cm³/mol. The summed E-state index contributed by atoms with van der Waals surface area (Å²) < 4.78 is 18.9. The Balaban J connectivity index is 1.89. The van der Waals surface area contributed by atoms with Gasteiger partial charge < -0.3 is 20.7 Å². The van der Waals surface area contributed by atoms with Crippen LogP contribution >= 0.6 is 11.6 Å². The summed E-state index contributed by atoms with van der Waals surface area (Å²) in [6.45, 7) is 7.62. The molecule has 150 valence electrons. The molecule has 2 rings (SSSR count). The van der Waals surface area contributed by atoms with Crippen LogP contribution in [0.3, 0.4) is 0 Å². The van der Waals surface area contributed by atoms with E-state index in [-0.39, 0.29) is 23.6 Å². The number of halogens is 2. The zero-order valence-electron chi connectivity index (χ0n) is 16.1. The third-order valence-electron chi connectivity index (χ3n) is 4.21. The molecular formula is C19H28ClFN4O2. The molecule has 1 aromatic rings. The van der Waals surface area contributed by atoms with E-state index in [0.717, 1.165) is 12.8 Å². The van der Waals surface area contributed by atoms with Gasteiger partial charge in [-0.05, 0) is 51.7 Å². The first-order valence-electron chi connectivity index (χ1n) is 9.08. The van der Waals surface area contributed by atoms with E-state index in [1.165, 1.54) is 12.1 Å². The number of rotatable bonds is 5. The van der Waals surface area contributed by atoms with E-state index in [0.29, 0.717) is 36.9 Å². The van der Waals surface area contributed by atoms with E-state index >= 15 is 0 Å². The number of ether oxygens (including phenoxy) is 1. The van der Waals surface area contributed by atoms with Gasteiger partial charge in [-0.2, -0.15) is 0 Å². The Morgan fingerprint density at radius 3 is 2.67 bits per heavy atom. The summed E-state index contributed by atoms with van der Waals surface area (Å²) in [6.07, 6.45) is 1.48. The highest BCUT2D eigenvalue weighted by molar-refractivity contribution is 6.28. The third-order valence-corrected chi connectivity index (χ3v) is 4.48. The van der Waals surface area contributed by atoms with Gasteiger partial charge in [0, 0.05) is 25.7 Å². The molecule has 8 heteroatoms. The van der Waals surface area contributed by atoms with Crippen molar-refractivity contribution in [2.45, 2.75) is 39.2 Å². The fraction of sp³-hybridized carbons (Fsp3) is 0.579. The molecule has 0 radical (unpaired) electrons. The zero-order chi connectivity index (χ0) is 20.0. The maximum absolute atomic E-state index is 13.5. The van der Waals surface area contributed by atoms with Crippen LogP contribution in [-0.4, -0.2) is 47.9 Å². The van der Waals surface area contributed by atoms with Crippen LogP contribution in [0.5, 0.6) is 0 Å². The van der Waals surface area contributed by atoms with Gasteiger partial charge >= 0.3 is 6.09 Å². The Bertz CT molecular complexity index is 683. The lowest BCUT2D eigenvalue weighted by molar-refractivity contribution is 0.0188. The zero-order valence-corrected chi connectivity index (χ0v) is 16.9. The van der Waals surface area contributed by atoms with Crippen LogP contribution in [0.25, 0.3) is 0 Å². The van der Waals surface area contributed by atoms with Gasteiger partial charge in [-0.1, -0.05) is 0 Å². The molecule has 0 spiro atoms. The second-order valence-corrected chi connectivity index (χ2v) is 7.96. The number of carbonyl (C=O) groups excluding carboxylic acids is 1. The average molecular weight is 399 g/mol. The molecule has 1 aliphatic rings. The maximum Gasteiger partial charge on any atom is 0.410 e. The molecule has 0 aliphatic carbocycles. The number of carbonyl (C=O) groups is 1. The van der Waals surface area contributed by atoms with Crippen molar-refractivity contribution in [2.24, 2.45) is 16.6 Å². The number of hydrogen-bond donors (Lipinski definition) is 2. The lowest BCUT2D eigenvalue weighted by atomic mass is 9.97. The molecule has 0 saturated carbocycles. The number of amides is 1. The lowest BCUT2D eigenvalue weighted by Crippen LogP contribution is -2.42. The number of likely N-dealkylation sites (tertiary alicyclic amines) is 1. The number of hydrogen-bond acceptors (Lipinski definition) is 4. The van der Waals surface area contributed by atoms with Crippen molar-refractivity contribution in [2.75, 3.05) is 30.8 Å². The molecule has 6 nitrogen and oxygen atoms in total. The van der Waals surface area contributed by atoms with Crippen LogP contribution < -0.4 is 11.1 Å². The fourth-order valence-corrected chi connectivity index (χ4v) is 2.89. The SMILES string of the molecule is CC(C)(C)OC(=O)N1CCC(CNc2ccc(F)cc2N=C(N)CCl)CC1. The van der Waals surface area contributed by atoms with E-state index in [1.54, 1.807) is 11.0 Å². The number of nitrogens with two attached hydrogens (primary N) is 1. The topological polar surface area (TPSA) is 80.0 Å². The van der Waals surface area contributed by atoms with Crippen molar-refractivity contribution in [3.8, 4) is 0 Å². The molecule has 1 saturated heterocycles. The first-order valence-corrected chi connectivity index (χ1v) is 9.61. The predicted octanol–water partition coefficient (Wildman–Crippen LogP) is 4.11. The first-order chi connectivity index (χ1) is 12.7. The highest BCUT2D eigenvalue weighted by Gasteiger charge is 2.26. The minimum absolute atomic E-state index is 0.0824. The minimum Gasteiger partial charge on any atom is -0.444 e. The van der Waals surface area contributed by atoms with Gasteiger partial charge in [-0.15, -0.1) is 11.6 Å². The average Bonchev–Trinajstić information content (AvgIpc) is 2.60. The molecule has 27 heavy (non-hydrogen) atoms. The molecule has 3 N–H and O–H groups in total. The van der Waals surface area contributed by atoms with Crippen molar-refractivity contribution in [3.05, 3.63) is 24.0 Å². The van der Waals surface area contributed by atoms with Crippen LogP contribution in [0.2, 0.25) is 0 Å². The summed E-state index contributed by atoms with van der Waals surface area (Å²) in [5.41, 5.74) is 6.32. The van der Waals surface area contributed by atoms with Gasteiger partial charge in [0.15, 0.2) is 0 Å². The summed E-state index contributed by atoms with van der Waals surface area (Å²) in [4.78, 5) is 18.0. The van der Waals surface area contributed by atoms with E-state index < -0.39 is 5.60 Å². The molecule has 1 heterocycles. The monoisotopic (exact) mass is 398 g/mol. The Hall–Kier alpha value is -2.02. The Morgan fingerprint density at radius 2 is 2.07 bits per heavy atom. The number of amidine groups is 1. The summed E-state index contributed by atoms with van der Waals surface area (Å²) in [5, 5.41) is 3.31. The van der Waals surface area contributed by atoms with Crippen molar-refractivity contribution < 1.29 is 13.9 Å². The van der Waals surface area contributed by atoms with E-state index in [1.807, 2.05) is 20.8 Å². The highest BCUT2D eigenvalue weighted by Crippen LogP contribution is 2.27. The van der Waals surface area contributed by atoms with Crippen LogP contribution in [0, 0.1) is 11.7 Å². The number of anilines is 1. The normalized spacial score (nSPS) is 16.3. The van der Waals surface area contributed by atoms with Crippen molar-refractivity contribution in [3.63, 3.8) is 0 Å². The molecule has 1 fully saturated rings. The van der Waals surface area contributed by atoms with Gasteiger partial charge in [0.05, 0.1) is 17.3 Å². The molecule has 1 amide bonds. The second-order valence-electron chi connectivity index (χ2n) is 7.69. The third kappa shape index (κ3) is 6.90. The van der Waals surface area contributed by atoms with Gasteiger partial charge in [0.25, 0.3) is 0 Å². The number of nitrogens with one attached hydrogen (secondary N) is 1. The van der Waals surface area contributed by atoms with Crippen LogP contribution in [0.4, 0.5) is 20.6 Å². The molecule has 1 aliphatic heterocycles. The summed E-state index contributed by atoms with van der Waals surface area (Å²) in [5.74, 6) is 0.332. The van der Waals surface area contributed by atoms with E-state index in [2.05, 4.69) is 10.3 Å². The maximum atomic E-state index is 13.5. The lowest BCUT2D eigenvalue weighted by Gasteiger charge is -2.33. The standard InChI is InChI=1S/C19H28ClFN4O2/c1-19(2,3)27-18(26)25-8-6-13(7-9-25)12-23-15-5-4-14(21)10-16(15)24-17(22)11-20/h4-5,10,13,23H,6-9,11-12H2,1-3H3,(H2,22,24). The fourth-order valence-electron chi connectivity index (χ4n) is 2.83. The minimum atomic E-state index is -0.486. The summed E-state index contributed by atoms with van der Waals surface area (Å²) in [6, 6.07) is 4.35. The number of alkyl halides is 1. The van der Waals surface area contributed by atoms with Crippen molar-refractivity contribution >= 4 is 34.9 Å². The van der Waals surface area contributed by atoms with Crippen LogP contribution in [0.1, 0.15) is 33.6 Å². The summed E-state index contributed by atoms with van der Waals surface area (Å²) >= 11 is 5.66. The number of piperidine rings is 1. The van der Waals surface area contributed by atoms with Gasteiger partial charge in [-0.25, -0.2) is 14.2 Å². The molecule has 0 unspecified atom stereocenters. The molecule has 0 atom stereocenters. The quantitative estimate of drug-likeness (QED) is 0.444. The molecule has 0 bridgehead atoms. The van der Waals surface area contributed by atoms with Gasteiger partial charge in [0.2, 0.25) is 0 Å². The smallest absolute Gasteiger partial charge is 0.410 e. The van der Waals surface area contributed by atoms with Crippen LogP contribution in [-0.2, 0) is 4.74 Å². The number of nitrogens with zero attached hydrogens (tertiary/aromatic N) is 2. The van der Waals surface area contributed by atoms with E-state index in [9.17, 15) is 9.18 Å². The largest absolute Gasteiger partial charge is 0.444 e. The Morgan fingerprint density at radius 1 is 1.41 bits per heavy atom. The molecule has 0 aromatic heterocycles. The number of benzene rings is 1. The van der Waals surface area contributed by atoms with Crippen LogP contribution in [0.15, 0.2) is 23.2 Å². The van der Waals surface area contributed by atoms with Crippen molar-refractivity contribution in [1.82, 2.24) is 4.90 Å². The Kier molecular flexibility index (Phi) is 7.30. The van der Waals surface area contributed by atoms with Gasteiger partial charge in [0.1, 0.15) is 17.3 Å². The van der Waals surface area contributed by atoms with Gasteiger partial charge in [-0.3, -0.25) is 0 Å². The van der Waals surface area contributed by atoms with Crippen molar-refractivity contribution in [1.29, 1.82) is 0 Å². The molecule has 1 aromatic carbocycles.